The first-order valence-corrected chi connectivity index (χ1v) is 6.82. The van der Waals surface area contributed by atoms with Gasteiger partial charge in [-0.3, -0.25) is 4.79 Å². The van der Waals surface area contributed by atoms with Crippen LogP contribution in [0.25, 0.3) is 0 Å². The molecule has 0 spiro atoms. The van der Waals surface area contributed by atoms with Gasteiger partial charge in [-0.25, -0.2) is 4.98 Å². The van der Waals surface area contributed by atoms with Crippen molar-refractivity contribution in [2.45, 2.75) is 19.4 Å². The summed E-state index contributed by atoms with van der Waals surface area (Å²) in [6.07, 6.45) is 2.48. The highest BCUT2D eigenvalue weighted by Gasteiger charge is 2.29. The molecule has 0 bridgehead atoms. The van der Waals surface area contributed by atoms with Gasteiger partial charge in [0.2, 0.25) is 11.8 Å². The highest BCUT2D eigenvalue weighted by Crippen LogP contribution is 2.18. The Kier molecular flexibility index (Phi) is 5.31. The Bertz CT molecular complexity index is 436. The van der Waals surface area contributed by atoms with Crippen molar-refractivity contribution >= 4 is 11.6 Å². The molecule has 1 aromatic rings. The van der Waals surface area contributed by atoms with Crippen molar-refractivity contribution in [1.29, 1.82) is 0 Å². The Balaban J connectivity index is 1.85. The van der Waals surface area contributed by atoms with Crippen LogP contribution in [-0.4, -0.2) is 43.8 Å². The van der Waals surface area contributed by atoms with Crippen molar-refractivity contribution in [2.75, 3.05) is 32.2 Å². The number of carbonyl (C=O) groups is 1. The fraction of sp³-hybridized carbons (Fsp3) is 0.571. The van der Waals surface area contributed by atoms with E-state index in [1.165, 1.54) is 0 Å². The molecule has 6 nitrogen and oxygen atoms in total. The highest BCUT2D eigenvalue weighted by molar-refractivity contribution is 5.93. The monoisotopic (exact) mass is 279 g/mol. The molecular formula is C14H21N3O3. The van der Waals surface area contributed by atoms with Crippen LogP contribution in [0.5, 0.6) is 5.88 Å². The van der Waals surface area contributed by atoms with E-state index in [9.17, 15) is 4.79 Å². The van der Waals surface area contributed by atoms with Crippen molar-refractivity contribution in [1.82, 2.24) is 10.3 Å². The smallest absolute Gasteiger partial charge is 0.229 e. The fourth-order valence-electron chi connectivity index (χ4n) is 2.22. The first-order chi connectivity index (χ1) is 9.70. The average Bonchev–Trinajstić information content (AvgIpc) is 2.87. The van der Waals surface area contributed by atoms with Crippen LogP contribution in [0.4, 0.5) is 5.69 Å². The van der Waals surface area contributed by atoms with E-state index in [2.05, 4.69) is 15.6 Å². The van der Waals surface area contributed by atoms with Gasteiger partial charge in [-0.1, -0.05) is 0 Å². The largest absolute Gasteiger partial charge is 0.475 e. The van der Waals surface area contributed by atoms with Crippen molar-refractivity contribution in [3.05, 3.63) is 18.3 Å². The van der Waals surface area contributed by atoms with E-state index in [1.807, 2.05) is 6.92 Å². The van der Waals surface area contributed by atoms with Crippen LogP contribution >= 0.6 is 0 Å². The summed E-state index contributed by atoms with van der Waals surface area (Å²) in [7, 11) is 1.62. The fourth-order valence-corrected chi connectivity index (χ4v) is 2.22. The summed E-state index contributed by atoms with van der Waals surface area (Å²) >= 11 is 0. The normalized spacial score (nSPS) is 21.7. The number of hydrogen-bond donors (Lipinski definition) is 2. The summed E-state index contributed by atoms with van der Waals surface area (Å²) < 4.78 is 10.3. The van der Waals surface area contributed by atoms with Gasteiger partial charge in [-0.2, -0.15) is 0 Å². The zero-order valence-electron chi connectivity index (χ0n) is 11.9. The Morgan fingerprint density at radius 3 is 2.95 bits per heavy atom. The molecule has 2 N–H and O–H groups in total. The zero-order valence-corrected chi connectivity index (χ0v) is 11.9. The molecule has 0 aromatic carbocycles. The summed E-state index contributed by atoms with van der Waals surface area (Å²) in [4.78, 5) is 16.2. The number of hydrogen-bond acceptors (Lipinski definition) is 5. The van der Waals surface area contributed by atoms with Gasteiger partial charge in [-0.05, 0) is 26.0 Å². The second-order valence-corrected chi connectivity index (χ2v) is 4.85. The summed E-state index contributed by atoms with van der Waals surface area (Å²) in [6, 6.07) is 3.75. The number of amides is 1. The van der Waals surface area contributed by atoms with E-state index >= 15 is 0 Å². The Morgan fingerprint density at radius 2 is 2.35 bits per heavy atom. The van der Waals surface area contributed by atoms with Gasteiger partial charge < -0.3 is 20.1 Å². The lowest BCUT2D eigenvalue weighted by molar-refractivity contribution is -0.120. The molecule has 1 saturated heterocycles. The number of carbonyl (C=O) groups excluding carboxylic acids is 1. The molecule has 0 aliphatic carbocycles. The van der Waals surface area contributed by atoms with Crippen LogP contribution in [0.15, 0.2) is 18.3 Å². The van der Waals surface area contributed by atoms with Crippen LogP contribution in [0.2, 0.25) is 0 Å². The Labute approximate surface area is 118 Å². The molecule has 0 saturated carbocycles. The van der Waals surface area contributed by atoms with E-state index < -0.39 is 0 Å². The van der Waals surface area contributed by atoms with Crippen molar-refractivity contribution in [2.24, 2.45) is 5.92 Å². The van der Waals surface area contributed by atoms with Crippen molar-refractivity contribution in [3.63, 3.8) is 0 Å². The van der Waals surface area contributed by atoms with Crippen LogP contribution in [0, 0.1) is 5.92 Å². The minimum Gasteiger partial charge on any atom is -0.475 e. The van der Waals surface area contributed by atoms with Crippen LogP contribution in [0.1, 0.15) is 13.3 Å². The number of rotatable bonds is 6. The Morgan fingerprint density at radius 1 is 1.50 bits per heavy atom. The van der Waals surface area contributed by atoms with E-state index in [0.717, 1.165) is 13.0 Å². The van der Waals surface area contributed by atoms with Gasteiger partial charge in [0.05, 0.1) is 24.4 Å². The number of nitrogens with zero attached hydrogens (tertiary/aromatic N) is 1. The molecular weight excluding hydrogens is 258 g/mol. The Hall–Kier alpha value is -1.66. The zero-order chi connectivity index (χ0) is 14.4. The molecule has 20 heavy (non-hydrogen) atoms. The molecule has 110 valence electrons. The number of anilines is 1. The highest BCUT2D eigenvalue weighted by atomic mass is 16.5. The quantitative estimate of drug-likeness (QED) is 0.761. The average molecular weight is 279 g/mol. The van der Waals surface area contributed by atoms with Gasteiger partial charge >= 0.3 is 0 Å². The summed E-state index contributed by atoms with van der Waals surface area (Å²) in [5, 5.41) is 6.15. The molecule has 2 unspecified atom stereocenters. The topological polar surface area (TPSA) is 72.5 Å². The molecule has 2 heterocycles. The second-order valence-electron chi connectivity index (χ2n) is 4.85. The van der Waals surface area contributed by atoms with Crippen molar-refractivity contribution in [3.8, 4) is 5.88 Å². The summed E-state index contributed by atoms with van der Waals surface area (Å²) in [5.41, 5.74) is 0.688. The maximum atomic E-state index is 12.1. The number of methoxy groups -OCH3 is 1. The predicted octanol–water partition coefficient (Wildman–Crippen LogP) is 1.04. The van der Waals surface area contributed by atoms with Crippen LogP contribution in [0.3, 0.4) is 0 Å². The van der Waals surface area contributed by atoms with Gasteiger partial charge in [0.15, 0.2) is 0 Å². The first kappa shape index (κ1) is 14.7. The SMILES string of the molecule is COCCOc1ccc(NC(=O)C2CCNC2C)cn1. The standard InChI is InChI=1S/C14H21N3O3/c1-10-12(5-6-15-10)14(18)17-11-3-4-13(16-9-11)20-8-7-19-2/h3-4,9-10,12,15H,5-8H2,1-2H3,(H,17,18). The third-order valence-electron chi connectivity index (χ3n) is 3.40. The maximum Gasteiger partial charge on any atom is 0.229 e. The third kappa shape index (κ3) is 3.91. The van der Waals surface area contributed by atoms with Crippen molar-refractivity contribution < 1.29 is 14.3 Å². The van der Waals surface area contributed by atoms with Gasteiger partial charge in [0, 0.05) is 19.2 Å². The molecule has 1 fully saturated rings. The lowest BCUT2D eigenvalue weighted by Crippen LogP contribution is -2.32. The van der Waals surface area contributed by atoms with Gasteiger partial charge in [0.1, 0.15) is 6.61 Å². The van der Waals surface area contributed by atoms with Crippen LogP contribution in [-0.2, 0) is 9.53 Å². The summed E-state index contributed by atoms with van der Waals surface area (Å²) in [6.45, 7) is 3.90. The lowest BCUT2D eigenvalue weighted by atomic mass is 10.0. The molecule has 6 heteroatoms. The lowest BCUT2D eigenvalue weighted by Gasteiger charge is -2.14. The third-order valence-corrected chi connectivity index (χ3v) is 3.40. The molecule has 1 aromatic heterocycles. The van der Waals surface area contributed by atoms with Gasteiger partial charge in [-0.15, -0.1) is 0 Å². The minimum atomic E-state index is 0.0210. The van der Waals surface area contributed by atoms with E-state index in [-0.39, 0.29) is 17.9 Å². The molecule has 2 rings (SSSR count). The van der Waals surface area contributed by atoms with E-state index in [4.69, 9.17) is 9.47 Å². The first-order valence-electron chi connectivity index (χ1n) is 6.82. The number of ether oxygens (including phenoxy) is 2. The molecule has 1 aliphatic heterocycles. The predicted molar refractivity (Wildman–Crippen MR) is 75.8 cm³/mol. The van der Waals surface area contributed by atoms with Gasteiger partial charge in [0.25, 0.3) is 0 Å². The summed E-state index contributed by atoms with van der Waals surface area (Å²) in [5.74, 6) is 0.584. The minimum absolute atomic E-state index is 0.0210. The number of pyridine rings is 1. The molecule has 0 radical (unpaired) electrons. The molecule has 1 amide bonds. The number of aromatic nitrogens is 1. The van der Waals surface area contributed by atoms with E-state index in [0.29, 0.717) is 24.8 Å². The maximum absolute atomic E-state index is 12.1. The number of nitrogens with one attached hydrogen (secondary N) is 2. The molecule has 1 aliphatic rings. The molecule has 2 atom stereocenters. The van der Waals surface area contributed by atoms with Crippen LogP contribution < -0.4 is 15.4 Å². The second kappa shape index (κ2) is 7.21. The van der Waals surface area contributed by atoms with E-state index in [1.54, 1.807) is 25.4 Å².